The van der Waals surface area contributed by atoms with Crippen LogP contribution >= 0.6 is 0 Å². The predicted octanol–water partition coefficient (Wildman–Crippen LogP) is 5.37. The summed E-state index contributed by atoms with van der Waals surface area (Å²) < 4.78 is 10.8. The van der Waals surface area contributed by atoms with Crippen molar-refractivity contribution < 1.29 is 14.3 Å². The van der Waals surface area contributed by atoms with Crippen LogP contribution in [0.3, 0.4) is 0 Å². The minimum Gasteiger partial charge on any atom is -0.493 e. The molecule has 5 nitrogen and oxygen atoms in total. The van der Waals surface area contributed by atoms with Gasteiger partial charge in [-0.15, -0.1) is 0 Å². The number of methoxy groups -OCH3 is 2. The third-order valence-corrected chi connectivity index (χ3v) is 5.83. The number of nitrogens with zero attached hydrogens (tertiary/aromatic N) is 1. The SMILES string of the molecule is COc1ccc(-c2cc(C(=O)NC3CCCCCC3)c3ccccc3n2)cc1OC. The molecule has 0 bridgehead atoms. The van der Waals surface area contributed by atoms with Crippen LogP contribution in [-0.2, 0) is 0 Å². The fourth-order valence-corrected chi connectivity index (χ4v) is 4.19. The van der Waals surface area contributed by atoms with Crippen molar-refractivity contribution in [2.45, 2.75) is 44.6 Å². The number of fused-ring (bicyclic) bond motifs is 1. The molecule has 1 N–H and O–H groups in total. The summed E-state index contributed by atoms with van der Waals surface area (Å²) in [5.41, 5.74) is 3.08. The second-order valence-electron chi connectivity index (χ2n) is 7.80. The monoisotopic (exact) mass is 404 g/mol. The molecule has 0 saturated heterocycles. The lowest BCUT2D eigenvalue weighted by Crippen LogP contribution is -2.34. The maximum Gasteiger partial charge on any atom is 0.252 e. The number of aromatic nitrogens is 1. The number of hydrogen-bond acceptors (Lipinski definition) is 4. The Morgan fingerprint density at radius 2 is 1.67 bits per heavy atom. The summed E-state index contributed by atoms with van der Waals surface area (Å²) in [6, 6.07) is 15.6. The molecule has 1 heterocycles. The van der Waals surface area contributed by atoms with Gasteiger partial charge in [0.25, 0.3) is 5.91 Å². The lowest BCUT2D eigenvalue weighted by atomic mass is 10.0. The van der Waals surface area contributed by atoms with E-state index in [1.807, 2.05) is 48.5 Å². The maximum atomic E-state index is 13.3. The van der Waals surface area contributed by atoms with Gasteiger partial charge in [0.15, 0.2) is 11.5 Å². The van der Waals surface area contributed by atoms with E-state index >= 15 is 0 Å². The van der Waals surface area contributed by atoms with Gasteiger partial charge in [-0.1, -0.05) is 43.9 Å². The van der Waals surface area contributed by atoms with E-state index in [2.05, 4.69) is 5.32 Å². The Kier molecular flexibility index (Phi) is 6.17. The fraction of sp³-hybridized carbons (Fsp3) is 0.360. The third-order valence-electron chi connectivity index (χ3n) is 5.83. The summed E-state index contributed by atoms with van der Waals surface area (Å²) in [4.78, 5) is 18.1. The van der Waals surface area contributed by atoms with Gasteiger partial charge in [-0.25, -0.2) is 4.98 Å². The van der Waals surface area contributed by atoms with Gasteiger partial charge in [0.1, 0.15) is 0 Å². The number of amides is 1. The first-order chi connectivity index (χ1) is 14.7. The second-order valence-corrected chi connectivity index (χ2v) is 7.80. The van der Waals surface area contributed by atoms with Crippen molar-refractivity contribution >= 4 is 16.8 Å². The molecule has 0 unspecified atom stereocenters. The summed E-state index contributed by atoms with van der Waals surface area (Å²) >= 11 is 0. The molecule has 0 atom stereocenters. The van der Waals surface area contributed by atoms with Crippen molar-refractivity contribution in [2.24, 2.45) is 0 Å². The Labute approximate surface area is 177 Å². The zero-order valence-corrected chi connectivity index (χ0v) is 17.6. The highest BCUT2D eigenvalue weighted by atomic mass is 16.5. The van der Waals surface area contributed by atoms with E-state index in [0.29, 0.717) is 17.1 Å². The molecule has 1 amide bonds. The molecule has 30 heavy (non-hydrogen) atoms. The topological polar surface area (TPSA) is 60.5 Å². The Morgan fingerprint density at radius 3 is 2.40 bits per heavy atom. The molecular formula is C25H28N2O3. The molecule has 5 heteroatoms. The highest BCUT2D eigenvalue weighted by molar-refractivity contribution is 6.07. The van der Waals surface area contributed by atoms with Gasteiger partial charge in [0.05, 0.1) is 31.0 Å². The molecule has 2 aromatic carbocycles. The number of benzene rings is 2. The van der Waals surface area contributed by atoms with Crippen LogP contribution in [0, 0.1) is 0 Å². The zero-order chi connectivity index (χ0) is 20.9. The van der Waals surface area contributed by atoms with Gasteiger partial charge >= 0.3 is 0 Å². The van der Waals surface area contributed by atoms with Gasteiger partial charge in [-0.2, -0.15) is 0 Å². The maximum absolute atomic E-state index is 13.3. The number of para-hydroxylation sites is 1. The number of rotatable bonds is 5. The minimum absolute atomic E-state index is 0.0257. The Morgan fingerprint density at radius 1 is 0.933 bits per heavy atom. The van der Waals surface area contributed by atoms with Gasteiger partial charge in [0.2, 0.25) is 0 Å². The Balaban J connectivity index is 1.73. The summed E-state index contributed by atoms with van der Waals surface area (Å²) in [5.74, 6) is 1.27. The summed E-state index contributed by atoms with van der Waals surface area (Å²) in [6.07, 6.45) is 6.98. The van der Waals surface area contributed by atoms with Gasteiger partial charge in [0, 0.05) is 17.0 Å². The lowest BCUT2D eigenvalue weighted by Gasteiger charge is -2.18. The van der Waals surface area contributed by atoms with Crippen molar-refractivity contribution in [1.29, 1.82) is 0 Å². The zero-order valence-electron chi connectivity index (χ0n) is 17.6. The van der Waals surface area contributed by atoms with Crippen LogP contribution in [-0.4, -0.2) is 31.2 Å². The molecule has 0 aliphatic heterocycles. The largest absolute Gasteiger partial charge is 0.493 e. The van der Waals surface area contributed by atoms with Crippen LogP contribution in [0.25, 0.3) is 22.2 Å². The molecule has 3 aromatic rings. The van der Waals surface area contributed by atoms with E-state index in [4.69, 9.17) is 14.5 Å². The summed E-state index contributed by atoms with van der Waals surface area (Å²) in [7, 11) is 3.23. The normalized spacial score (nSPS) is 14.9. The highest BCUT2D eigenvalue weighted by Gasteiger charge is 2.19. The number of nitrogens with one attached hydrogen (secondary N) is 1. The molecule has 1 fully saturated rings. The average Bonchev–Trinajstić information content (AvgIpc) is 3.06. The first kappa shape index (κ1) is 20.2. The number of hydrogen-bond donors (Lipinski definition) is 1. The lowest BCUT2D eigenvalue weighted by molar-refractivity contribution is 0.0935. The fourth-order valence-electron chi connectivity index (χ4n) is 4.19. The first-order valence-corrected chi connectivity index (χ1v) is 10.6. The van der Waals surface area contributed by atoms with Crippen molar-refractivity contribution in [3.05, 3.63) is 54.1 Å². The van der Waals surface area contributed by atoms with E-state index in [0.717, 1.165) is 35.0 Å². The number of carbonyl (C=O) groups excluding carboxylic acids is 1. The molecule has 0 radical (unpaired) electrons. The molecule has 1 aromatic heterocycles. The minimum atomic E-state index is -0.0257. The van der Waals surface area contributed by atoms with Crippen molar-refractivity contribution in [3.63, 3.8) is 0 Å². The summed E-state index contributed by atoms with van der Waals surface area (Å²) in [5, 5.41) is 4.14. The Bertz CT molecular complexity index is 1040. The van der Waals surface area contributed by atoms with Crippen LogP contribution in [0.2, 0.25) is 0 Å². The molecule has 1 aliphatic carbocycles. The Hall–Kier alpha value is -3.08. The number of carbonyl (C=O) groups is 1. The standard InChI is InChI=1S/C25H28N2O3/c1-29-23-14-13-17(15-24(23)30-2)22-16-20(19-11-7-8-12-21(19)27-22)25(28)26-18-9-5-3-4-6-10-18/h7-8,11-16,18H,3-6,9-10H2,1-2H3,(H,26,28). The van der Waals surface area contributed by atoms with Gasteiger partial charge in [-0.05, 0) is 43.2 Å². The molecular weight excluding hydrogens is 376 g/mol. The van der Waals surface area contributed by atoms with Gasteiger partial charge in [-0.3, -0.25) is 4.79 Å². The average molecular weight is 405 g/mol. The van der Waals surface area contributed by atoms with Crippen LogP contribution in [0.15, 0.2) is 48.5 Å². The third kappa shape index (κ3) is 4.25. The molecule has 4 rings (SSSR count). The molecule has 1 aliphatic rings. The second kappa shape index (κ2) is 9.16. The van der Waals surface area contributed by atoms with E-state index in [-0.39, 0.29) is 11.9 Å². The van der Waals surface area contributed by atoms with Crippen molar-refractivity contribution in [3.8, 4) is 22.8 Å². The van der Waals surface area contributed by atoms with E-state index in [1.165, 1.54) is 25.7 Å². The molecule has 1 saturated carbocycles. The number of ether oxygens (including phenoxy) is 2. The van der Waals surface area contributed by atoms with Crippen molar-refractivity contribution in [1.82, 2.24) is 10.3 Å². The van der Waals surface area contributed by atoms with Crippen LogP contribution in [0.5, 0.6) is 11.5 Å². The van der Waals surface area contributed by atoms with Crippen molar-refractivity contribution in [2.75, 3.05) is 14.2 Å². The van der Waals surface area contributed by atoms with E-state index in [9.17, 15) is 4.79 Å². The van der Waals surface area contributed by atoms with Crippen LogP contribution in [0.4, 0.5) is 0 Å². The smallest absolute Gasteiger partial charge is 0.252 e. The quantitative estimate of drug-likeness (QED) is 0.581. The van der Waals surface area contributed by atoms with Gasteiger partial charge < -0.3 is 14.8 Å². The number of pyridine rings is 1. The van der Waals surface area contributed by atoms with E-state index in [1.54, 1.807) is 14.2 Å². The molecule has 0 spiro atoms. The summed E-state index contributed by atoms with van der Waals surface area (Å²) in [6.45, 7) is 0. The highest BCUT2D eigenvalue weighted by Crippen LogP contribution is 2.33. The van der Waals surface area contributed by atoms with Crippen LogP contribution < -0.4 is 14.8 Å². The van der Waals surface area contributed by atoms with E-state index < -0.39 is 0 Å². The van der Waals surface area contributed by atoms with Crippen LogP contribution in [0.1, 0.15) is 48.9 Å². The molecule has 156 valence electrons. The predicted molar refractivity (Wildman–Crippen MR) is 119 cm³/mol. The first-order valence-electron chi connectivity index (χ1n) is 10.6.